The number of methoxy groups -OCH3 is 2. The van der Waals surface area contributed by atoms with Crippen molar-refractivity contribution in [2.75, 3.05) is 14.2 Å². The summed E-state index contributed by atoms with van der Waals surface area (Å²) >= 11 is 12.9. The molecule has 160 valence electrons. The van der Waals surface area contributed by atoms with Gasteiger partial charge in [0.1, 0.15) is 17.0 Å². The third-order valence-corrected chi connectivity index (χ3v) is 4.45. The summed E-state index contributed by atoms with van der Waals surface area (Å²) in [6, 6.07) is 4.60. The molecule has 2 aromatic carbocycles. The van der Waals surface area contributed by atoms with Gasteiger partial charge in [0.2, 0.25) is 0 Å². The molecule has 30 heavy (non-hydrogen) atoms. The summed E-state index contributed by atoms with van der Waals surface area (Å²) in [5.41, 5.74) is 1.60. The van der Waals surface area contributed by atoms with Gasteiger partial charge in [0.15, 0.2) is 0 Å². The lowest BCUT2D eigenvalue weighted by atomic mass is 10.00. The quantitative estimate of drug-likeness (QED) is 0.483. The fourth-order valence-electron chi connectivity index (χ4n) is 2.55. The van der Waals surface area contributed by atoms with Crippen molar-refractivity contribution in [1.82, 2.24) is 9.97 Å². The molecule has 0 unspecified atom stereocenters. The van der Waals surface area contributed by atoms with Crippen LogP contribution >= 0.6 is 44.6 Å². The maximum atomic E-state index is 11.4. The number of nitrogens with zero attached hydrogens (tertiary/aromatic N) is 2. The highest BCUT2D eigenvalue weighted by molar-refractivity contribution is 8.31. The molecule has 0 aliphatic rings. The number of carbonyl (C=O) groups is 1. The van der Waals surface area contributed by atoms with E-state index in [1.54, 1.807) is 12.1 Å². The average molecular weight is 514 g/mol. The van der Waals surface area contributed by atoms with Crippen LogP contribution in [0.2, 0.25) is 10.0 Å². The van der Waals surface area contributed by atoms with E-state index in [9.17, 15) is 9.90 Å². The molecule has 0 amide bonds. The fraction of sp³-hybridized carbons (Fsp3) is 0.118. The average Bonchev–Trinajstić information content (AvgIpc) is 2.67. The Labute approximate surface area is 190 Å². The molecule has 0 aliphatic carbocycles. The van der Waals surface area contributed by atoms with Crippen molar-refractivity contribution < 1.29 is 27.8 Å². The molecule has 3 rings (SSSR count). The largest absolute Gasteiger partial charge is 0.495 e. The van der Waals surface area contributed by atoms with Crippen molar-refractivity contribution in [1.29, 1.82) is 0 Å². The Bertz CT molecular complexity index is 1180. The SMILES string of the molecule is COc1cc(OC)c(Cl)c(-c2ccc(C(=O)O)c3nccnc23)c1Cl.O=S(=O)(Cl)Cl. The minimum absolute atomic E-state index is 0.0361. The lowest BCUT2D eigenvalue weighted by Crippen LogP contribution is -2.01. The first-order chi connectivity index (χ1) is 14.0. The van der Waals surface area contributed by atoms with Gasteiger partial charge in [-0.15, -0.1) is 0 Å². The highest BCUT2D eigenvalue weighted by Crippen LogP contribution is 2.47. The van der Waals surface area contributed by atoms with Crippen LogP contribution in [0.25, 0.3) is 22.2 Å². The number of benzene rings is 2. The number of aromatic carboxylic acids is 1. The van der Waals surface area contributed by atoms with Crippen LogP contribution in [0.15, 0.2) is 30.6 Å². The number of rotatable bonds is 4. The summed E-state index contributed by atoms with van der Waals surface area (Å²) in [5.74, 6) is -0.355. The molecule has 3 aromatic rings. The Morgan fingerprint density at radius 3 is 1.87 bits per heavy atom. The van der Waals surface area contributed by atoms with E-state index in [0.29, 0.717) is 28.1 Å². The van der Waals surface area contributed by atoms with Gasteiger partial charge in [-0.25, -0.2) is 4.79 Å². The van der Waals surface area contributed by atoms with E-state index < -0.39 is 14.2 Å². The number of fused-ring (bicyclic) bond motifs is 1. The van der Waals surface area contributed by atoms with E-state index >= 15 is 0 Å². The minimum Gasteiger partial charge on any atom is -0.495 e. The van der Waals surface area contributed by atoms with E-state index in [1.807, 2.05) is 0 Å². The normalized spacial score (nSPS) is 10.9. The Balaban J connectivity index is 0.000000575. The monoisotopic (exact) mass is 512 g/mol. The van der Waals surface area contributed by atoms with Crippen LogP contribution in [0.1, 0.15) is 10.4 Å². The van der Waals surface area contributed by atoms with Gasteiger partial charge in [-0.1, -0.05) is 29.3 Å². The molecule has 0 saturated carbocycles. The van der Waals surface area contributed by atoms with Gasteiger partial charge in [0.25, 0.3) is 0 Å². The third-order valence-electron chi connectivity index (χ3n) is 3.70. The van der Waals surface area contributed by atoms with Gasteiger partial charge < -0.3 is 14.6 Å². The topological polar surface area (TPSA) is 116 Å². The molecule has 0 saturated heterocycles. The standard InChI is InChI=1S/C17H12Cl2N2O4.Cl2O2S/c1-24-10-7-11(25-2)14(19)12(13(10)18)8-3-4-9(17(22)23)16-15(8)20-5-6-21-16;1-5(2,3)4/h3-7H,1-2H3,(H,22,23);. The summed E-state index contributed by atoms with van der Waals surface area (Å²) < 4.78 is 28.9. The van der Waals surface area contributed by atoms with E-state index in [4.69, 9.17) is 41.1 Å². The van der Waals surface area contributed by atoms with Crippen LogP contribution in [-0.4, -0.2) is 43.7 Å². The number of aromatic nitrogens is 2. The third kappa shape index (κ3) is 5.55. The van der Waals surface area contributed by atoms with Gasteiger partial charge in [-0.3, -0.25) is 9.97 Å². The molecule has 0 bridgehead atoms. The molecule has 0 aliphatic heterocycles. The van der Waals surface area contributed by atoms with Gasteiger partial charge >= 0.3 is 14.2 Å². The summed E-state index contributed by atoms with van der Waals surface area (Å²) in [6.45, 7) is 0. The van der Waals surface area contributed by atoms with Crippen LogP contribution in [0.4, 0.5) is 0 Å². The smallest absolute Gasteiger partial charge is 0.337 e. The van der Waals surface area contributed by atoms with E-state index in [1.165, 1.54) is 32.7 Å². The molecule has 0 fully saturated rings. The summed E-state index contributed by atoms with van der Waals surface area (Å²) in [7, 11) is 7.77. The molecule has 0 atom stereocenters. The molecule has 1 heterocycles. The van der Waals surface area contributed by atoms with Crippen LogP contribution in [0.3, 0.4) is 0 Å². The zero-order chi connectivity index (χ0) is 22.6. The number of carboxylic acid groups (broad SMARTS) is 1. The van der Waals surface area contributed by atoms with E-state index in [0.717, 1.165) is 0 Å². The Kier molecular flexibility index (Phi) is 7.95. The fourth-order valence-corrected chi connectivity index (χ4v) is 3.26. The van der Waals surface area contributed by atoms with Crippen molar-refractivity contribution in [3.63, 3.8) is 0 Å². The maximum Gasteiger partial charge on any atom is 0.337 e. The number of hydrogen-bond donors (Lipinski definition) is 1. The number of carboxylic acids is 1. The van der Waals surface area contributed by atoms with Gasteiger partial charge in [-0.05, 0) is 6.07 Å². The molecule has 0 radical (unpaired) electrons. The zero-order valence-electron chi connectivity index (χ0n) is 15.2. The van der Waals surface area contributed by atoms with E-state index in [2.05, 4.69) is 31.3 Å². The lowest BCUT2D eigenvalue weighted by Gasteiger charge is -2.16. The molecule has 8 nitrogen and oxygen atoms in total. The van der Waals surface area contributed by atoms with Crippen LogP contribution < -0.4 is 9.47 Å². The second kappa shape index (κ2) is 9.84. The second-order valence-electron chi connectivity index (χ2n) is 5.38. The summed E-state index contributed by atoms with van der Waals surface area (Å²) in [6.07, 6.45) is 2.89. The van der Waals surface area contributed by atoms with Crippen LogP contribution in [0, 0.1) is 0 Å². The molecular weight excluding hydrogens is 502 g/mol. The molecule has 1 N–H and O–H groups in total. The van der Waals surface area contributed by atoms with Crippen molar-refractivity contribution >= 4 is 69.8 Å². The number of hydrogen-bond acceptors (Lipinski definition) is 7. The Hall–Kier alpha value is -2.04. The van der Waals surface area contributed by atoms with Crippen molar-refractivity contribution in [2.24, 2.45) is 0 Å². The van der Waals surface area contributed by atoms with Gasteiger partial charge in [0.05, 0.1) is 35.3 Å². The Morgan fingerprint density at radius 2 is 1.43 bits per heavy atom. The number of halogens is 4. The van der Waals surface area contributed by atoms with Crippen LogP contribution in [0.5, 0.6) is 11.5 Å². The minimum atomic E-state index is -3.72. The lowest BCUT2D eigenvalue weighted by molar-refractivity contribution is 0.0699. The molecule has 13 heteroatoms. The first-order valence-corrected chi connectivity index (χ1v) is 11.6. The predicted octanol–water partition coefficient (Wildman–Crippen LogP) is 5.03. The highest BCUT2D eigenvalue weighted by atomic mass is 36.0. The number of ether oxygens (including phenoxy) is 2. The van der Waals surface area contributed by atoms with Crippen molar-refractivity contribution in [3.8, 4) is 22.6 Å². The Morgan fingerprint density at radius 1 is 0.967 bits per heavy atom. The van der Waals surface area contributed by atoms with Crippen LogP contribution in [-0.2, 0) is 8.26 Å². The van der Waals surface area contributed by atoms with Gasteiger partial charge in [-0.2, -0.15) is 8.42 Å². The molecule has 1 aromatic heterocycles. The highest BCUT2D eigenvalue weighted by Gasteiger charge is 2.22. The molecule has 0 spiro atoms. The summed E-state index contributed by atoms with van der Waals surface area (Å²) in [5, 5.41) is 9.89. The zero-order valence-corrected chi connectivity index (χ0v) is 19.0. The molecular formula is C17H12Cl4N2O6S. The predicted molar refractivity (Wildman–Crippen MR) is 116 cm³/mol. The van der Waals surface area contributed by atoms with Crippen molar-refractivity contribution in [3.05, 3.63) is 46.2 Å². The second-order valence-corrected chi connectivity index (χ2v) is 9.81. The van der Waals surface area contributed by atoms with E-state index in [-0.39, 0.29) is 21.1 Å². The van der Waals surface area contributed by atoms with Crippen molar-refractivity contribution in [2.45, 2.75) is 0 Å². The van der Waals surface area contributed by atoms with Gasteiger partial charge in [0, 0.05) is 51.0 Å². The summed E-state index contributed by atoms with van der Waals surface area (Å²) in [4.78, 5) is 19.8. The first kappa shape index (κ1) is 24.2. The maximum absolute atomic E-state index is 11.4. The first-order valence-electron chi connectivity index (χ1n) is 7.71.